The maximum atomic E-state index is 12.4. The van der Waals surface area contributed by atoms with Crippen molar-refractivity contribution in [2.75, 3.05) is 11.9 Å². The molecule has 0 radical (unpaired) electrons. The number of anilines is 2. The Balaban J connectivity index is 1.31. The number of hydrogen-bond acceptors (Lipinski definition) is 8. The molecule has 1 saturated carbocycles. The Morgan fingerprint density at radius 1 is 1.16 bits per heavy atom. The molecule has 2 N–H and O–H groups in total. The summed E-state index contributed by atoms with van der Waals surface area (Å²) in [6.45, 7) is 6.80. The van der Waals surface area contributed by atoms with Gasteiger partial charge in [-0.15, -0.1) is 0 Å². The summed E-state index contributed by atoms with van der Waals surface area (Å²) in [6.07, 6.45) is 12.9. The Morgan fingerprint density at radius 2 is 2.00 bits per heavy atom. The molecule has 5 heterocycles. The molecule has 0 aromatic carbocycles. The molecule has 0 amide bonds. The second-order valence-electron chi connectivity index (χ2n) is 9.78. The Bertz CT molecular complexity index is 1650. The van der Waals surface area contributed by atoms with Crippen LogP contribution in [0, 0.1) is 6.92 Å². The maximum Gasteiger partial charge on any atom is 0.164 e. The van der Waals surface area contributed by atoms with Gasteiger partial charge in [-0.1, -0.05) is 0 Å². The van der Waals surface area contributed by atoms with Crippen molar-refractivity contribution < 1.29 is 9.32 Å². The van der Waals surface area contributed by atoms with Gasteiger partial charge in [0.25, 0.3) is 0 Å². The molecule has 0 spiro atoms. The predicted octanol–water partition coefficient (Wildman–Crippen LogP) is 3.85. The van der Waals surface area contributed by atoms with Gasteiger partial charge in [0.1, 0.15) is 22.6 Å². The van der Waals surface area contributed by atoms with Crippen LogP contribution < -0.4 is 5.32 Å². The van der Waals surface area contributed by atoms with Crippen molar-refractivity contribution in [3.8, 4) is 22.6 Å². The molecule has 0 aliphatic heterocycles. The number of pyridine rings is 1. The van der Waals surface area contributed by atoms with Gasteiger partial charge in [-0.25, -0.2) is 19.2 Å². The fourth-order valence-electron chi connectivity index (χ4n) is 4.47. The van der Waals surface area contributed by atoms with E-state index in [4.69, 9.17) is 5.10 Å². The topological polar surface area (TPSA) is 129 Å². The molecule has 196 valence electrons. The largest absolute Gasteiger partial charge is 0.394 e. The van der Waals surface area contributed by atoms with Crippen LogP contribution in [0.5, 0.6) is 0 Å². The molecular weight excluding hydrogens is 502 g/mol. The second-order valence-corrected chi connectivity index (χ2v) is 11.4. The Kier molecular flexibility index (Phi) is 6.28. The highest BCUT2D eigenvalue weighted by Crippen LogP contribution is 2.34. The lowest BCUT2D eigenvalue weighted by Gasteiger charge is -2.10. The highest BCUT2D eigenvalue weighted by atomic mass is 32.2. The quantitative estimate of drug-likeness (QED) is 0.293. The van der Waals surface area contributed by atoms with E-state index in [1.807, 2.05) is 25.4 Å². The van der Waals surface area contributed by atoms with Crippen LogP contribution in [-0.4, -0.2) is 59.7 Å². The summed E-state index contributed by atoms with van der Waals surface area (Å²) in [5, 5.41) is 22.8. The summed E-state index contributed by atoms with van der Waals surface area (Å²) in [7, 11) is -1.14. The zero-order valence-electron chi connectivity index (χ0n) is 21.4. The number of aliphatic hydroxyl groups is 1. The van der Waals surface area contributed by atoms with Crippen LogP contribution in [-0.2, 0) is 17.5 Å². The summed E-state index contributed by atoms with van der Waals surface area (Å²) < 4.78 is 17.9. The second kappa shape index (κ2) is 9.76. The van der Waals surface area contributed by atoms with Gasteiger partial charge in [-0.2, -0.15) is 14.3 Å². The third-order valence-electron chi connectivity index (χ3n) is 6.53. The van der Waals surface area contributed by atoms with Crippen LogP contribution in [0.1, 0.15) is 38.3 Å². The summed E-state index contributed by atoms with van der Waals surface area (Å²) in [4.78, 5) is 13.7. The zero-order chi connectivity index (χ0) is 26.4. The predicted molar refractivity (Wildman–Crippen MR) is 146 cm³/mol. The first-order valence-electron chi connectivity index (χ1n) is 12.6. The number of aromatic nitrogens is 8. The molecule has 1 unspecified atom stereocenters. The van der Waals surface area contributed by atoms with Crippen molar-refractivity contribution >= 4 is 33.5 Å². The normalized spacial score (nSPS) is 14.4. The van der Waals surface area contributed by atoms with Gasteiger partial charge in [0.15, 0.2) is 5.82 Å². The van der Waals surface area contributed by atoms with Crippen molar-refractivity contribution in [2.45, 2.75) is 51.4 Å². The smallest absolute Gasteiger partial charge is 0.164 e. The third kappa shape index (κ3) is 4.61. The highest BCUT2D eigenvalue weighted by Gasteiger charge is 2.30. The van der Waals surface area contributed by atoms with E-state index in [9.17, 15) is 9.32 Å². The summed E-state index contributed by atoms with van der Waals surface area (Å²) >= 11 is 0. The summed E-state index contributed by atoms with van der Waals surface area (Å²) in [5.41, 5.74) is 4.67. The van der Waals surface area contributed by atoms with Crippen LogP contribution in [0.3, 0.4) is 0 Å². The third-order valence-corrected chi connectivity index (χ3v) is 8.14. The molecule has 6 rings (SSSR count). The van der Waals surface area contributed by atoms with Crippen molar-refractivity contribution in [3.63, 3.8) is 0 Å². The number of nitrogens with zero attached hydrogens (tertiary/aromatic N) is 8. The van der Waals surface area contributed by atoms with E-state index in [1.54, 1.807) is 29.3 Å². The number of hydrogen-bond donors (Lipinski definition) is 2. The molecule has 0 saturated heterocycles. The molecule has 1 fully saturated rings. The standard InChI is InChI=1S/C26H29N9O2S/c1-16(2)34-15-21(25-17(3)13-33(32-25)8-9-36)20-12-28-24(10-22(20)34)30-23-6-7-27-26(31-23)18-11-29-35(14-18)38(37)19-4-5-19/h6-7,10-16,19,36H,4-5,8-9H2,1-3H3,(H,27,28,30,31). The first-order chi connectivity index (χ1) is 18.4. The average molecular weight is 532 g/mol. The molecule has 5 aromatic heterocycles. The summed E-state index contributed by atoms with van der Waals surface area (Å²) in [6, 6.07) is 4.02. The van der Waals surface area contributed by atoms with Gasteiger partial charge in [0, 0.05) is 47.8 Å². The minimum Gasteiger partial charge on any atom is -0.394 e. The first kappa shape index (κ1) is 24.4. The van der Waals surface area contributed by atoms with Crippen LogP contribution in [0.2, 0.25) is 0 Å². The molecule has 5 aromatic rings. The van der Waals surface area contributed by atoms with Crippen molar-refractivity contribution in [3.05, 3.63) is 54.9 Å². The molecular formula is C26H29N9O2S. The minimum absolute atomic E-state index is 0.0396. The lowest BCUT2D eigenvalue weighted by Crippen LogP contribution is -2.09. The van der Waals surface area contributed by atoms with Gasteiger partial charge >= 0.3 is 0 Å². The van der Waals surface area contributed by atoms with Crippen molar-refractivity contribution in [1.29, 1.82) is 0 Å². The van der Waals surface area contributed by atoms with Gasteiger partial charge in [0.05, 0.1) is 47.6 Å². The average Bonchev–Trinajstić information content (AvgIpc) is 3.34. The molecule has 38 heavy (non-hydrogen) atoms. The van der Waals surface area contributed by atoms with E-state index in [0.717, 1.165) is 40.6 Å². The van der Waals surface area contributed by atoms with Crippen molar-refractivity contribution in [1.82, 2.24) is 38.5 Å². The van der Waals surface area contributed by atoms with Crippen LogP contribution in [0.4, 0.5) is 11.6 Å². The molecule has 1 aliphatic carbocycles. The Hall–Kier alpha value is -3.90. The van der Waals surface area contributed by atoms with Gasteiger partial charge in [-0.3, -0.25) is 4.68 Å². The molecule has 11 nitrogen and oxygen atoms in total. The number of rotatable bonds is 9. The van der Waals surface area contributed by atoms with E-state index in [1.165, 1.54) is 4.09 Å². The van der Waals surface area contributed by atoms with Gasteiger partial charge < -0.3 is 15.0 Å². The van der Waals surface area contributed by atoms with E-state index in [-0.39, 0.29) is 17.9 Å². The van der Waals surface area contributed by atoms with E-state index < -0.39 is 11.0 Å². The van der Waals surface area contributed by atoms with Gasteiger partial charge in [0.2, 0.25) is 0 Å². The fourth-order valence-corrected chi connectivity index (χ4v) is 5.67. The Labute approximate surface area is 222 Å². The van der Waals surface area contributed by atoms with Crippen LogP contribution in [0.25, 0.3) is 33.5 Å². The highest BCUT2D eigenvalue weighted by molar-refractivity contribution is 7.84. The number of nitrogens with one attached hydrogen (secondary N) is 1. The maximum absolute atomic E-state index is 12.4. The van der Waals surface area contributed by atoms with E-state index in [2.05, 4.69) is 50.0 Å². The minimum atomic E-state index is -1.14. The lowest BCUT2D eigenvalue weighted by atomic mass is 10.1. The van der Waals surface area contributed by atoms with E-state index in [0.29, 0.717) is 29.6 Å². The number of aryl methyl sites for hydroxylation is 1. The Morgan fingerprint density at radius 3 is 2.76 bits per heavy atom. The number of aliphatic hydroxyl groups excluding tert-OH is 1. The molecule has 1 aliphatic rings. The van der Waals surface area contributed by atoms with Crippen LogP contribution in [0.15, 0.2) is 49.3 Å². The van der Waals surface area contributed by atoms with Crippen LogP contribution >= 0.6 is 0 Å². The van der Waals surface area contributed by atoms with Crippen molar-refractivity contribution in [2.24, 2.45) is 0 Å². The molecule has 12 heteroatoms. The van der Waals surface area contributed by atoms with E-state index >= 15 is 0 Å². The monoisotopic (exact) mass is 531 g/mol. The zero-order valence-corrected chi connectivity index (χ0v) is 22.3. The first-order valence-corrected chi connectivity index (χ1v) is 13.8. The summed E-state index contributed by atoms with van der Waals surface area (Å²) in [5.74, 6) is 1.75. The SMILES string of the molecule is Cc1cn(CCO)nc1-c1cn(C(C)C)c2cc(Nc3ccnc(-c4cnn(S(=O)C5CC5)c4)n3)ncc12. The van der Waals surface area contributed by atoms with Gasteiger partial charge in [-0.05, 0) is 45.2 Å². The molecule has 1 atom stereocenters. The lowest BCUT2D eigenvalue weighted by molar-refractivity contribution is 0.269. The number of fused-ring (bicyclic) bond motifs is 1. The fraction of sp³-hybridized carbons (Fsp3) is 0.346. The molecule has 0 bridgehead atoms.